The molecule has 0 aromatic rings. The Morgan fingerprint density at radius 3 is 2.39 bits per heavy atom. The number of aliphatic carboxylic acids is 1. The molecule has 0 spiro atoms. The smallest absolute Gasteiger partial charge is 0.326 e. The van der Waals surface area contributed by atoms with Gasteiger partial charge in [0, 0.05) is 6.54 Å². The van der Waals surface area contributed by atoms with E-state index < -0.39 is 12.0 Å². The van der Waals surface area contributed by atoms with Crippen molar-refractivity contribution >= 4 is 11.9 Å². The van der Waals surface area contributed by atoms with E-state index in [1.807, 2.05) is 0 Å². The molecule has 0 bridgehead atoms. The van der Waals surface area contributed by atoms with Crippen molar-refractivity contribution in [2.24, 2.45) is 0 Å². The third-order valence-corrected chi connectivity index (χ3v) is 3.30. The van der Waals surface area contributed by atoms with Gasteiger partial charge in [-0.2, -0.15) is 0 Å². The first-order valence-electron chi connectivity index (χ1n) is 6.84. The lowest BCUT2D eigenvalue weighted by Crippen LogP contribution is -2.45. The Hall–Kier alpha value is -1.10. The second-order valence-electron chi connectivity index (χ2n) is 4.86. The summed E-state index contributed by atoms with van der Waals surface area (Å²) in [6, 6.07) is -0.609. The summed E-state index contributed by atoms with van der Waals surface area (Å²) in [6.07, 6.45) is 3.40. The summed E-state index contributed by atoms with van der Waals surface area (Å²) in [5.74, 6) is -0.916. The van der Waals surface area contributed by atoms with Gasteiger partial charge in [-0.15, -0.1) is 0 Å². The van der Waals surface area contributed by atoms with Crippen LogP contribution >= 0.6 is 0 Å². The zero-order chi connectivity index (χ0) is 13.5. The molecule has 1 aliphatic rings. The number of hydrogen-bond donors (Lipinski definition) is 1. The van der Waals surface area contributed by atoms with Gasteiger partial charge >= 0.3 is 5.97 Å². The third-order valence-electron chi connectivity index (χ3n) is 3.30. The fourth-order valence-electron chi connectivity index (χ4n) is 2.51. The van der Waals surface area contributed by atoms with E-state index in [0.29, 0.717) is 19.5 Å². The zero-order valence-corrected chi connectivity index (χ0v) is 11.4. The van der Waals surface area contributed by atoms with Crippen molar-refractivity contribution < 1.29 is 14.7 Å². The number of carbonyl (C=O) groups is 2. The number of hydrogen-bond acceptors (Lipinski definition) is 3. The largest absolute Gasteiger partial charge is 0.480 e. The number of carboxylic acid groups (broad SMARTS) is 1. The molecule has 0 aromatic carbocycles. The second kappa shape index (κ2) is 7.36. The molecule has 1 fully saturated rings. The van der Waals surface area contributed by atoms with Gasteiger partial charge in [0.1, 0.15) is 6.04 Å². The highest BCUT2D eigenvalue weighted by Crippen LogP contribution is 2.17. The van der Waals surface area contributed by atoms with Gasteiger partial charge in [-0.25, -0.2) is 4.79 Å². The maximum absolute atomic E-state index is 12.1. The van der Waals surface area contributed by atoms with Crippen molar-refractivity contribution in [3.8, 4) is 0 Å². The van der Waals surface area contributed by atoms with E-state index in [-0.39, 0.29) is 5.91 Å². The van der Waals surface area contributed by atoms with E-state index >= 15 is 0 Å². The Morgan fingerprint density at radius 1 is 1.28 bits per heavy atom. The molecule has 104 valence electrons. The first-order valence-corrected chi connectivity index (χ1v) is 6.84. The summed E-state index contributed by atoms with van der Waals surface area (Å²) >= 11 is 0. The van der Waals surface area contributed by atoms with Gasteiger partial charge in [-0.3, -0.25) is 9.69 Å². The summed E-state index contributed by atoms with van der Waals surface area (Å²) in [7, 11) is 0. The SMILES string of the molecule is CCCN(CCC)CC(=O)N1CCCC1C(=O)O. The van der Waals surface area contributed by atoms with Crippen molar-refractivity contribution in [1.82, 2.24) is 9.80 Å². The molecule has 5 nitrogen and oxygen atoms in total. The van der Waals surface area contributed by atoms with E-state index in [0.717, 1.165) is 32.4 Å². The summed E-state index contributed by atoms with van der Waals surface area (Å²) < 4.78 is 0. The van der Waals surface area contributed by atoms with Crippen LogP contribution in [0, 0.1) is 0 Å². The lowest BCUT2D eigenvalue weighted by atomic mass is 10.2. The summed E-state index contributed by atoms with van der Waals surface area (Å²) in [4.78, 5) is 26.8. The summed E-state index contributed by atoms with van der Waals surface area (Å²) in [5, 5.41) is 9.07. The number of likely N-dealkylation sites (tertiary alicyclic amines) is 1. The van der Waals surface area contributed by atoms with E-state index in [9.17, 15) is 9.59 Å². The molecule has 1 saturated heterocycles. The molecule has 1 unspecified atom stereocenters. The molecule has 0 aromatic heterocycles. The van der Waals surface area contributed by atoms with Crippen LogP contribution in [0.4, 0.5) is 0 Å². The number of carbonyl (C=O) groups excluding carboxylic acids is 1. The predicted molar refractivity (Wildman–Crippen MR) is 69.4 cm³/mol. The maximum Gasteiger partial charge on any atom is 0.326 e. The molecule has 1 atom stereocenters. The Labute approximate surface area is 109 Å². The fraction of sp³-hybridized carbons (Fsp3) is 0.846. The molecule has 1 rings (SSSR count). The molecule has 18 heavy (non-hydrogen) atoms. The van der Waals surface area contributed by atoms with Crippen LogP contribution in [0.3, 0.4) is 0 Å². The van der Waals surface area contributed by atoms with E-state index in [4.69, 9.17) is 5.11 Å². The standard InChI is InChI=1S/C13H24N2O3/c1-3-7-14(8-4-2)10-12(16)15-9-5-6-11(15)13(17)18/h11H,3-10H2,1-2H3,(H,17,18). The average molecular weight is 256 g/mol. The number of carboxylic acids is 1. The van der Waals surface area contributed by atoms with Crippen molar-refractivity contribution in [1.29, 1.82) is 0 Å². The van der Waals surface area contributed by atoms with Crippen molar-refractivity contribution in [3.63, 3.8) is 0 Å². The Balaban J connectivity index is 2.54. The number of amides is 1. The van der Waals surface area contributed by atoms with E-state index in [1.165, 1.54) is 4.90 Å². The fourth-order valence-corrected chi connectivity index (χ4v) is 2.51. The first-order chi connectivity index (χ1) is 8.60. The van der Waals surface area contributed by atoms with E-state index in [1.54, 1.807) is 0 Å². The molecule has 0 radical (unpaired) electrons. The normalized spacial score (nSPS) is 19.5. The molecule has 1 amide bonds. The highest BCUT2D eigenvalue weighted by molar-refractivity contribution is 5.85. The van der Waals surface area contributed by atoms with Crippen LogP contribution in [-0.4, -0.2) is 59.0 Å². The quantitative estimate of drug-likeness (QED) is 0.743. The lowest BCUT2D eigenvalue weighted by molar-refractivity contribution is -0.148. The minimum Gasteiger partial charge on any atom is -0.480 e. The highest BCUT2D eigenvalue weighted by Gasteiger charge is 2.34. The van der Waals surface area contributed by atoms with Crippen LogP contribution in [0.2, 0.25) is 0 Å². The Morgan fingerprint density at radius 2 is 1.89 bits per heavy atom. The van der Waals surface area contributed by atoms with Crippen molar-refractivity contribution in [2.45, 2.75) is 45.6 Å². The molecule has 1 aliphatic heterocycles. The van der Waals surface area contributed by atoms with Crippen LogP contribution in [-0.2, 0) is 9.59 Å². The van der Waals surface area contributed by atoms with Gasteiger partial charge < -0.3 is 10.0 Å². The van der Waals surface area contributed by atoms with Crippen LogP contribution in [0.5, 0.6) is 0 Å². The minimum atomic E-state index is -0.876. The number of nitrogens with zero attached hydrogens (tertiary/aromatic N) is 2. The van der Waals surface area contributed by atoms with Gasteiger partial charge in [-0.05, 0) is 38.8 Å². The van der Waals surface area contributed by atoms with Gasteiger partial charge in [-0.1, -0.05) is 13.8 Å². The maximum atomic E-state index is 12.1. The molecule has 0 saturated carbocycles. The molecule has 5 heteroatoms. The molecule has 0 aliphatic carbocycles. The molecule has 1 N–H and O–H groups in total. The second-order valence-corrected chi connectivity index (χ2v) is 4.86. The van der Waals surface area contributed by atoms with Gasteiger partial charge in [0.2, 0.25) is 5.91 Å². The van der Waals surface area contributed by atoms with Gasteiger partial charge in [0.05, 0.1) is 6.54 Å². The van der Waals surface area contributed by atoms with Crippen molar-refractivity contribution in [2.75, 3.05) is 26.2 Å². The molecular formula is C13H24N2O3. The molecular weight excluding hydrogens is 232 g/mol. The minimum absolute atomic E-state index is 0.0400. The number of rotatable bonds is 7. The van der Waals surface area contributed by atoms with E-state index in [2.05, 4.69) is 18.7 Å². The Kier molecular flexibility index (Phi) is 6.12. The first kappa shape index (κ1) is 15.0. The van der Waals surface area contributed by atoms with Gasteiger partial charge in [0.25, 0.3) is 0 Å². The van der Waals surface area contributed by atoms with Crippen LogP contribution in [0.15, 0.2) is 0 Å². The summed E-state index contributed by atoms with van der Waals surface area (Å²) in [5.41, 5.74) is 0. The average Bonchev–Trinajstić information content (AvgIpc) is 2.78. The van der Waals surface area contributed by atoms with Crippen LogP contribution in [0.1, 0.15) is 39.5 Å². The van der Waals surface area contributed by atoms with Crippen molar-refractivity contribution in [3.05, 3.63) is 0 Å². The monoisotopic (exact) mass is 256 g/mol. The third kappa shape index (κ3) is 3.98. The topological polar surface area (TPSA) is 60.9 Å². The van der Waals surface area contributed by atoms with Crippen LogP contribution in [0.25, 0.3) is 0 Å². The summed E-state index contributed by atoms with van der Waals surface area (Å²) in [6.45, 7) is 6.90. The van der Waals surface area contributed by atoms with Crippen LogP contribution < -0.4 is 0 Å². The predicted octanol–water partition coefficient (Wildman–Crippen LogP) is 1.18. The lowest BCUT2D eigenvalue weighted by Gasteiger charge is -2.26. The Bertz CT molecular complexity index is 288. The van der Waals surface area contributed by atoms with Gasteiger partial charge in [0.15, 0.2) is 0 Å². The highest BCUT2D eigenvalue weighted by atomic mass is 16.4. The zero-order valence-electron chi connectivity index (χ0n) is 11.4. The molecule has 1 heterocycles.